The fourth-order valence-electron chi connectivity index (χ4n) is 2.89. The van der Waals surface area contributed by atoms with E-state index in [1.807, 2.05) is 0 Å². The van der Waals surface area contributed by atoms with E-state index in [4.69, 9.17) is 22.4 Å². The molecular formula is C16H19N4O3S2+. The highest BCUT2D eigenvalue weighted by Crippen LogP contribution is 2.34. The van der Waals surface area contributed by atoms with Crippen molar-refractivity contribution in [3.63, 3.8) is 0 Å². The predicted molar refractivity (Wildman–Crippen MR) is 99.0 cm³/mol. The fourth-order valence-corrected chi connectivity index (χ4v) is 4.48. The van der Waals surface area contributed by atoms with Crippen molar-refractivity contribution in [3.05, 3.63) is 40.2 Å². The monoisotopic (exact) mass is 379 g/mol. The van der Waals surface area contributed by atoms with E-state index in [1.165, 1.54) is 22.5 Å². The molecule has 2 aromatic heterocycles. The molecule has 0 fully saturated rings. The van der Waals surface area contributed by atoms with Gasteiger partial charge in [0.05, 0.1) is 29.8 Å². The number of carbonyl (C=O) groups excluding carboxylic acids is 2. The lowest BCUT2D eigenvalue weighted by Crippen LogP contribution is -3.11. The summed E-state index contributed by atoms with van der Waals surface area (Å²) in [7, 11) is 0. The Morgan fingerprint density at radius 2 is 2.28 bits per heavy atom. The summed E-state index contributed by atoms with van der Waals surface area (Å²) in [5.74, 6) is -0.780. The molecule has 1 atom stereocenters. The molecule has 1 unspecified atom stereocenters. The van der Waals surface area contributed by atoms with Crippen molar-refractivity contribution >= 4 is 45.5 Å². The molecule has 0 aliphatic carbocycles. The van der Waals surface area contributed by atoms with Crippen molar-refractivity contribution in [2.75, 3.05) is 18.4 Å². The molecular weight excluding hydrogens is 360 g/mol. The molecule has 2 amide bonds. The maximum Gasteiger partial charge on any atom is 0.293 e. The van der Waals surface area contributed by atoms with Crippen molar-refractivity contribution in [1.82, 2.24) is 5.32 Å². The third-order valence-corrected chi connectivity index (χ3v) is 5.53. The molecule has 7 nitrogen and oxygen atoms in total. The van der Waals surface area contributed by atoms with Crippen LogP contribution in [0, 0.1) is 0 Å². The van der Waals surface area contributed by atoms with Gasteiger partial charge in [-0.3, -0.25) is 14.9 Å². The third kappa shape index (κ3) is 3.73. The first-order chi connectivity index (χ1) is 12.0. The minimum absolute atomic E-state index is 0.0993. The lowest BCUT2D eigenvalue weighted by atomic mass is 10.0. The van der Waals surface area contributed by atoms with Gasteiger partial charge in [0, 0.05) is 6.42 Å². The summed E-state index contributed by atoms with van der Waals surface area (Å²) < 4.78 is 5.03. The average molecular weight is 379 g/mol. The Hall–Kier alpha value is -2.23. The molecule has 0 saturated carbocycles. The summed E-state index contributed by atoms with van der Waals surface area (Å²) in [5.41, 5.74) is 7.05. The van der Waals surface area contributed by atoms with Crippen LogP contribution in [-0.4, -0.2) is 30.0 Å². The summed E-state index contributed by atoms with van der Waals surface area (Å²) in [5, 5.41) is 6.16. The van der Waals surface area contributed by atoms with E-state index in [-0.39, 0.29) is 10.9 Å². The molecule has 0 saturated heterocycles. The minimum Gasteiger partial charge on any atom is -0.459 e. The van der Waals surface area contributed by atoms with Crippen molar-refractivity contribution in [1.29, 1.82) is 0 Å². The maximum absolute atomic E-state index is 12.0. The van der Waals surface area contributed by atoms with E-state index >= 15 is 0 Å². The molecule has 1 aliphatic heterocycles. The van der Waals surface area contributed by atoms with E-state index in [1.54, 1.807) is 12.1 Å². The molecule has 5 N–H and O–H groups in total. The van der Waals surface area contributed by atoms with Gasteiger partial charge in [0.25, 0.3) is 11.8 Å². The summed E-state index contributed by atoms with van der Waals surface area (Å²) >= 11 is 6.65. The maximum atomic E-state index is 12.0. The second kappa shape index (κ2) is 7.34. The number of quaternary nitrogens is 1. The Labute approximate surface area is 154 Å². The van der Waals surface area contributed by atoms with Crippen molar-refractivity contribution in [3.8, 4) is 0 Å². The Balaban J connectivity index is 1.78. The zero-order valence-electron chi connectivity index (χ0n) is 13.7. The summed E-state index contributed by atoms with van der Waals surface area (Å²) in [4.78, 5) is 26.5. The molecule has 132 valence electrons. The zero-order valence-corrected chi connectivity index (χ0v) is 15.3. The zero-order chi connectivity index (χ0) is 18.0. The van der Waals surface area contributed by atoms with Crippen LogP contribution in [-0.2, 0) is 13.0 Å². The van der Waals surface area contributed by atoms with Crippen LogP contribution in [0.15, 0.2) is 22.8 Å². The van der Waals surface area contributed by atoms with E-state index in [0.717, 1.165) is 36.5 Å². The highest BCUT2D eigenvalue weighted by atomic mass is 32.1. The van der Waals surface area contributed by atoms with Crippen LogP contribution in [0.2, 0.25) is 0 Å². The van der Waals surface area contributed by atoms with Crippen LogP contribution >= 0.6 is 23.6 Å². The average Bonchev–Trinajstić information content (AvgIpc) is 3.21. The first-order valence-electron chi connectivity index (χ1n) is 7.93. The van der Waals surface area contributed by atoms with Crippen LogP contribution in [0.25, 0.3) is 0 Å². The van der Waals surface area contributed by atoms with Gasteiger partial charge in [-0.1, -0.05) is 0 Å². The number of hydrogen-bond donors (Lipinski definition) is 4. The number of thiocarbonyl (C=S) groups is 1. The second-order valence-corrected chi connectivity index (χ2v) is 7.25. The Morgan fingerprint density at radius 1 is 1.48 bits per heavy atom. The molecule has 3 rings (SSSR count). The lowest BCUT2D eigenvalue weighted by molar-refractivity contribution is -0.913. The SMILES string of the molecule is CC[NH+]1CCc2c(sc(NC(=S)NC(=O)c3ccco3)c2C(N)=O)C1. The van der Waals surface area contributed by atoms with Gasteiger partial charge in [0.1, 0.15) is 11.5 Å². The standard InChI is InChI=1S/C16H18N4O3S2/c1-2-20-6-5-9-11(8-20)25-15(12(9)13(17)21)19-16(24)18-14(22)10-4-3-7-23-10/h3-4,7H,2,5-6,8H2,1H3,(H2,17,21)(H2,18,19,22,24)/p+1. The largest absolute Gasteiger partial charge is 0.459 e. The van der Waals surface area contributed by atoms with Gasteiger partial charge in [-0.25, -0.2) is 0 Å². The summed E-state index contributed by atoms with van der Waals surface area (Å²) in [6, 6.07) is 3.16. The fraction of sp³-hybridized carbons (Fsp3) is 0.312. The normalized spacial score (nSPS) is 16.1. The van der Waals surface area contributed by atoms with Gasteiger partial charge in [-0.15, -0.1) is 11.3 Å². The molecule has 9 heteroatoms. The minimum atomic E-state index is -0.486. The van der Waals surface area contributed by atoms with Gasteiger partial charge >= 0.3 is 0 Å². The van der Waals surface area contributed by atoms with E-state index in [9.17, 15) is 9.59 Å². The molecule has 1 aliphatic rings. The quantitative estimate of drug-likeness (QED) is 0.581. The highest BCUT2D eigenvalue weighted by molar-refractivity contribution is 7.80. The van der Waals surface area contributed by atoms with Gasteiger partial charge in [0.15, 0.2) is 10.9 Å². The molecule has 0 spiro atoms. The van der Waals surface area contributed by atoms with Crippen molar-refractivity contribution in [2.24, 2.45) is 5.73 Å². The lowest BCUT2D eigenvalue weighted by Gasteiger charge is -2.22. The molecule has 0 aromatic carbocycles. The number of amides is 2. The molecule has 0 bridgehead atoms. The number of carbonyl (C=O) groups is 2. The van der Waals surface area contributed by atoms with Crippen molar-refractivity contribution in [2.45, 2.75) is 19.9 Å². The first kappa shape index (κ1) is 17.6. The van der Waals surface area contributed by atoms with Gasteiger partial charge in [-0.05, 0) is 36.8 Å². The van der Waals surface area contributed by atoms with E-state index in [0.29, 0.717) is 10.6 Å². The summed E-state index contributed by atoms with van der Waals surface area (Å²) in [6.45, 7) is 5.01. The predicted octanol–water partition coefficient (Wildman–Crippen LogP) is 0.528. The highest BCUT2D eigenvalue weighted by Gasteiger charge is 2.28. The van der Waals surface area contributed by atoms with Gasteiger partial charge in [-0.2, -0.15) is 0 Å². The van der Waals surface area contributed by atoms with Crippen LogP contribution in [0.3, 0.4) is 0 Å². The number of furan rings is 1. The number of thiophene rings is 1. The van der Waals surface area contributed by atoms with Gasteiger partial charge in [0.2, 0.25) is 0 Å². The Bertz CT molecular complexity index is 814. The second-order valence-electron chi connectivity index (χ2n) is 5.74. The number of rotatable bonds is 4. The Morgan fingerprint density at radius 3 is 2.92 bits per heavy atom. The van der Waals surface area contributed by atoms with Crippen LogP contribution in [0.4, 0.5) is 5.00 Å². The number of likely N-dealkylation sites (N-methyl/N-ethyl adjacent to an activating group) is 1. The number of nitrogens with one attached hydrogen (secondary N) is 3. The Kier molecular flexibility index (Phi) is 5.16. The van der Waals surface area contributed by atoms with Crippen LogP contribution < -0.4 is 21.3 Å². The number of anilines is 1. The van der Waals surface area contributed by atoms with Crippen LogP contribution in [0.1, 0.15) is 38.3 Å². The number of nitrogens with two attached hydrogens (primary N) is 1. The first-order valence-corrected chi connectivity index (χ1v) is 9.15. The van der Waals surface area contributed by atoms with E-state index < -0.39 is 11.8 Å². The number of fused-ring (bicyclic) bond motifs is 1. The number of hydrogen-bond acceptors (Lipinski definition) is 5. The molecule has 3 heterocycles. The molecule has 25 heavy (non-hydrogen) atoms. The summed E-state index contributed by atoms with van der Waals surface area (Å²) in [6.07, 6.45) is 2.21. The molecule has 2 aromatic rings. The topological polar surface area (TPSA) is 102 Å². The van der Waals surface area contributed by atoms with Gasteiger partial charge < -0.3 is 20.4 Å². The van der Waals surface area contributed by atoms with Crippen LogP contribution in [0.5, 0.6) is 0 Å². The number of primary amides is 1. The molecule has 0 radical (unpaired) electrons. The smallest absolute Gasteiger partial charge is 0.293 e. The third-order valence-electron chi connectivity index (χ3n) is 4.18. The van der Waals surface area contributed by atoms with Crippen molar-refractivity contribution < 1.29 is 18.9 Å². The van der Waals surface area contributed by atoms with E-state index in [2.05, 4.69) is 17.6 Å².